The van der Waals surface area contributed by atoms with Crippen LogP contribution in [0.15, 0.2) is 42.7 Å². The van der Waals surface area contributed by atoms with Gasteiger partial charge in [-0.3, -0.25) is 9.48 Å². The zero-order valence-electron chi connectivity index (χ0n) is 13.7. The van der Waals surface area contributed by atoms with Crippen molar-refractivity contribution in [2.24, 2.45) is 0 Å². The van der Waals surface area contributed by atoms with E-state index in [-0.39, 0.29) is 11.9 Å². The summed E-state index contributed by atoms with van der Waals surface area (Å²) < 4.78 is 7.18. The largest absolute Gasteiger partial charge is 0.496 e. The molecule has 3 rings (SSSR count). The van der Waals surface area contributed by atoms with Crippen molar-refractivity contribution in [1.29, 1.82) is 0 Å². The molecule has 23 heavy (non-hydrogen) atoms. The number of ether oxygens (including phenoxy) is 1. The Hall–Kier alpha value is -2.30. The van der Waals surface area contributed by atoms with Crippen LogP contribution in [0, 0.1) is 0 Å². The minimum absolute atomic E-state index is 0.146. The van der Waals surface area contributed by atoms with Crippen molar-refractivity contribution >= 4 is 5.91 Å². The van der Waals surface area contributed by atoms with Crippen LogP contribution in [0.25, 0.3) is 0 Å². The Bertz CT molecular complexity index is 646. The van der Waals surface area contributed by atoms with E-state index in [0.717, 1.165) is 31.7 Å². The molecule has 0 N–H and O–H groups in total. The van der Waals surface area contributed by atoms with Gasteiger partial charge in [-0.05, 0) is 43.4 Å². The molecule has 1 aliphatic rings. The summed E-state index contributed by atoms with van der Waals surface area (Å²) in [7, 11) is 1.71. The number of nitrogens with zero attached hydrogens (tertiary/aromatic N) is 3. The third kappa shape index (κ3) is 3.23. The number of likely N-dealkylation sites (tertiary alicyclic amines) is 1. The SMILES string of the molecule is COc1ccccc1C1CCN(C(=O)C(C)n2cccn2)CC1. The summed E-state index contributed by atoms with van der Waals surface area (Å²) >= 11 is 0. The van der Waals surface area contributed by atoms with Crippen molar-refractivity contribution in [2.45, 2.75) is 31.7 Å². The molecule has 5 nitrogen and oxygen atoms in total. The molecule has 2 heterocycles. The van der Waals surface area contributed by atoms with E-state index in [4.69, 9.17) is 4.74 Å². The van der Waals surface area contributed by atoms with E-state index < -0.39 is 0 Å². The van der Waals surface area contributed by atoms with Gasteiger partial charge in [0, 0.05) is 25.5 Å². The smallest absolute Gasteiger partial charge is 0.247 e. The van der Waals surface area contributed by atoms with Crippen molar-refractivity contribution in [3.8, 4) is 5.75 Å². The third-order valence-electron chi connectivity index (χ3n) is 4.66. The quantitative estimate of drug-likeness (QED) is 0.872. The molecule has 0 aliphatic carbocycles. The summed E-state index contributed by atoms with van der Waals surface area (Å²) in [6, 6.07) is 9.78. The van der Waals surface area contributed by atoms with E-state index in [0.29, 0.717) is 5.92 Å². The van der Waals surface area contributed by atoms with Crippen LogP contribution >= 0.6 is 0 Å². The van der Waals surface area contributed by atoms with E-state index in [1.54, 1.807) is 18.0 Å². The maximum Gasteiger partial charge on any atom is 0.247 e. The van der Waals surface area contributed by atoms with Crippen molar-refractivity contribution in [2.75, 3.05) is 20.2 Å². The molecular weight excluding hydrogens is 290 g/mol. The summed E-state index contributed by atoms with van der Waals surface area (Å²) in [5.41, 5.74) is 1.25. The first kappa shape index (κ1) is 15.6. The van der Waals surface area contributed by atoms with Gasteiger partial charge >= 0.3 is 0 Å². The first-order valence-electron chi connectivity index (χ1n) is 8.11. The van der Waals surface area contributed by atoms with Crippen LogP contribution in [0.3, 0.4) is 0 Å². The standard InChI is InChI=1S/C18H23N3O2/c1-14(21-11-5-10-19-21)18(22)20-12-8-15(9-13-20)16-6-3-4-7-17(16)23-2/h3-7,10-11,14-15H,8-9,12-13H2,1-2H3. The predicted molar refractivity (Wildman–Crippen MR) is 88.5 cm³/mol. The summed E-state index contributed by atoms with van der Waals surface area (Å²) in [5.74, 6) is 1.55. The van der Waals surface area contributed by atoms with Crippen LogP contribution in [-0.2, 0) is 4.79 Å². The zero-order valence-corrected chi connectivity index (χ0v) is 13.7. The molecular formula is C18H23N3O2. The van der Waals surface area contributed by atoms with Crippen LogP contribution < -0.4 is 4.74 Å². The third-order valence-corrected chi connectivity index (χ3v) is 4.66. The number of carbonyl (C=O) groups excluding carboxylic acids is 1. The molecule has 0 radical (unpaired) electrons. The number of hydrogen-bond donors (Lipinski definition) is 0. The van der Waals surface area contributed by atoms with Gasteiger partial charge in [0.05, 0.1) is 7.11 Å². The molecule has 1 aromatic carbocycles. The van der Waals surface area contributed by atoms with Gasteiger partial charge in [-0.15, -0.1) is 0 Å². The van der Waals surface area contributed by atoms with Crippen molar-refractivity contribution in [3.63, 3.8) is 0 Å². The molecule has 0 bridgehead atoms. The Morgan fingerprint density at radius 1 is 1.26 bits per heavy atom. The fraction of sp³-hybridized carbons (Fsp3) is 0.444. The van der Waals surface area contributed by atoms with E-state index in [1.807, 2.05) is 36.2 Å². The highest BCUT2D eigenvalue weighted by atomic mass is 16.5. The molecule has 1 fully saturated rings. The number of hydrogen-bond acceptors (Lipinski definition) is 3. The summed E-state index contributed by atoms with van der Waals surface area (Å²) in [5, 5.41) is 4.17. The maximum absolute atomic E-state index is 12.6. The number of piperidine rings is 1. The van der Waals surface area contributed by atoms with Crippen molar-refractivity contribution in [1.82, 2.24) is 14.7 Å². The molecule has 1 saturated heterocycles. The lowest BCUT2D eigenvalue weighted by molar-refractivity contribution is -0.135. The van der Waals surface area contributed by atoms with Gasteiger partial charge in [-0.25, -0.2) is 0 Å². The molecule has 1 atom stereocenters. The van der Waals surface area contributed by atoms with Crippen molar-refractivity contribution < 1.29 is 9.53 Å². The second kappa shape index (κ2) is 6.86. The summed E-state index contributed by atoms with van der Waals surface area (Å²) in [4.78, 5) is 14.6. The lowest BCUT2D eigenvalue weighted by atomic mass is 9.88. The van der Waals surface area contributed by atoms with E-state index in [2.05, 4.69) is 17.2 Å². The van der Waals surface area contributed by atoms with E-state index >= 15 is 0 Å². The molecule has 0 spiro atoms. The monoisotopic (exact) mass is 313 g/mol. The lowest BCUT2D eigenvalue weighted by Crippen LogP contribution is -2.41. The number of aromatic nitrogens is 2. The van der Waals surface area contributed by atoms with Gasteiger partial charge < -0.3 is 9.64 Å². The highest BCUT2D eigenvalue weighted by Gasteiger charge is 2.28. The van der Waals surface area contributed by atoms with E-state index in [9.17, 15) is 4.79 Å². The summed E-state index contributed by atoms with van der Waals surface area (Å²) in [6.45, 7) is 3.47. The van der Waals surface area contributed by atoms with Crippen LogP contribution in [0.1, 0.15) is 37.3 Å². The number of rotatable bonds is 4. The number of benzene rings is 1. The van der Waals surface area contributed by atoms with Gasteiger partial charge in [0.2, 0.25) is 5.91 Å². The Labute approximate surface area is 136 Å². The topological polar surface area (TPSA) is 47.4 Å². The second-order valence-corrected chi connectivity index (χ2v) is 6.00. The van der Waals surface area contributed by atoms with Gasteiger partial charge in [-0.2, -0.15) is 5.10 Å². The number of para-hydroxylation sites is 1. The summed E-state index contributed by atoms with van der Waals surface area (Å²) in [6.07, 6.45) is 5.48. The number of amides is 1. The Balaban J connectivity index is 1.63. The molecule has 0 saturated carbocycles. The van der Waals surface area contributed by atoms with Gasteiger partial charge in [0.25, 0.3) is 0 Å². The Morgan fingerprint density at radius 2 is 2.00 bits per heavy atom. The second-order valence-electron chi connectivity index (χ2n) is 6.00. The fourth-order valence-corrected chi connectivity index (χ4v) is 3.30. The van der Waals surface area contributed by atoms with Crippen LogP contribution in [0.5, 0.6) is 5.75 Å². The Morgan fingerprint density at radius 3 is 2.65 bits per heavy atom. The average molecular weight is 313 g/mol. The molecule has 1 unspecified atom stereocenters. The lowest BCUT2D eigenvalue weighted by Gasteiger charge is -2.34. The van der Waals surface area contributed by atoms with Gasteiger partial charge in [0.1, 0.15) is 11.8 Å². The predicted octanol–water partition coefficient (Wildman–Crippen LogP) is 2.86. The van der Waals surface area contributed by atoms with Crippen LogP contribution in [-0.4, -0.2) is 40.8 Å². The number of carbonyl (C=O) groups is 1. The van der Waals surface area contributed by atoms with Gasteiger partial charge in [0.15, 0.2) is 0 Å². The molecule has 122 valence electrons. The molecule has 5 heteroatoms. The molecule has 1 aliphatic heterocycles. The van der Waals surface area contributed by atoms with Gasteiger partial charge in [-0.1, -0.05) is 18.2 Å². The highest BCUT2D eigenvalue weighted by Crippen LogP contribution is 2.34. The number of methoxy groups -OCH3 is 1. The molecule has 2 aromatic rings. The molecule has 1 aromatic heterocycles. The minimum Gasteiger partial charge on any atom is -0.496 e. The minimum atomic E-state index is -0.243. The normalized spacial score (nSPS) is 17.0. The highest BCUT2D eigenvalue weighted by molar-refractivity contribution is 5.80. The van der Waals surface area contributed by atoms with Crippen LogP contribution in [0.4, 0.5) is 0 Å². The fourth-order valence-electron chi connectivity index (χ4n) is 3.30. The van der Waals surface area contributed by atoms with E-state index in [1.165, 1.54) is 5.56 Å². The Kier molecular flexibility index (Phi) is 4.65. The van der Waals surface area contributed by atoms with Crippen LogP contribution in [0.2, 0.25) is 0 Å². The molecule has 1 amide bonds. The zero-order chi connectivity index (χ0) is 16.2. The maximum atomic E-state index is 12.6. The van der Waals surface area contributed by atoms with Crippen molar-refractivity contribution in [3.05, 3.63) is 48.3 Å². The average Bonchev–Trinajstić information content (AvgIpc) is 3.15. The first-order chi connectivity index (χ1) is 11.2. The first-order valence-corrected chi connectivity index (χ1v) is 8.11.